The van der Waals surface area contributed by atoms with Crippen molar-refractivity contribution < 1.29 is 14.7 Å². The molecule has 2 aromatic rings. The molecule has 4 nitrogen and oxygen atoms in total. The molecular formula is C19H23NO3. The van der Waals surface area contributed by atoms with Crippen LogP contribution in [0.1, 0.15) is 38.7 Å². The summed E-state index contributed by atoms with van der Waals surface area (Å²) < 4.78 is 0. The van der Waals surface area contributed by atoms with E-state index in [1.54, 1.807) is 0 Å². The van der Waals surface area contributed by atoms with Gasteiger partial charge in [0, 0.05) is 5.54 Å². The Morgan fingerprint density at radius 1 is 1.04 bits per heavy atom. The fraction of sp³-hybridized carbons (Fsp3) is 0.368. The Kier molecular flexibility index (Phi) is 5.37. The van der Waals surface area contributed by atoms with Crippen LogP contribution in [-0.2, 0) is 16.0 Å². The molecule has 122 valence electrons. The zero-order valence-electron chi connectivity index (χ0n) is 13.6. The molecule has 0 aliphatic rings. The first kappa shape index (κ1) is 17.0. The van der Waals surface area contributed by atoms with Gasteiger partial charge in [0.05, 0.1) is 12.8 Å². The average Bonchev–Trinajstić information content (AvgIpc) is 2.54. The van der Waals surface area contributed by atoms with Crippen LogP contribution in [0.5, 0.6) is 0 Å². The van der Waals surface area contributed by atoms with Crippen molar-refractivity contribution in [2.75, 3.05) is 0 Å². The highest BCUT2D eigenvalue weighted by Crippen LogP contribution is 2.22. The monoisotopic (exact) mass is 313 g/mol. The molecule has 2 rings (SSSR count). The van der Waals surface area contributed by atoms with Crippen molar-refractivity contribution in [3.05, 3.63) is 48.0 Å². The molecule has 0 fully saturated rings. The van der Waals surface area contributed by atoms with E-state index in [0.717, 1.165) is 16.3 Å². The Hall–Kier alpha value is -2.36. The van der Waals surface area contributed by atoms with Crippen molar-refractivity contribution in [2.45, 2.75) is 45.1 Å². The van der Waals surface area contributed by atoms with E-state index >= 15 is 0 Å². The summed E-state index contributed by atoms with van der Waals surface area (Å²) in [5, 5.41) is 14.2. The van der Waals surface area contributed by atoms with Gasteiger partial charge in [-0.2, -0.15) is 0 Å². The third-order valence-corrected chi connectivity index (χ3v) is 4.48. The summed E-state index contributed by atoms with van der Waals surface area (Å²) in [6.07, 6.45) is 1.39. The van der Waals surface area contributed by atoms with Crippen LogP contribution in [0.3, 0.4) is 0 Å². The van der Waals surface area contributed by atoms with Crippen LogP contribution in [0, 0.1) is 0 Å². The summed E-state index contributed by atoms with van der Waals surface area (Å²) >= 11 is 0. The fourth-order valence-electron chi connectivity index (χ4n) is 2.97. The van der Waals surface area contributed by atoms with Gasteiger partial charge in [-0.05, 0) is 29.2 Å². The van der Waals surface area contributed by atoms with Crippen molar-refractivity contribution in [1.29, 1.82) is 0 Å². The first-order valence-electron chi connectivity index (χ1n) is 7.99. The average molecular weight is 313 g/mol. The van der Waals surface area contributed by atoms with Crippen LogP contribution in [0.15, 0.2) is 42.5 Å². The van der Waals surface area contributed by atoms with Crippen LogP contribution < -0.4 is 5.32 Å². The van der Waals surface area contributed by atoms with E-state index in [0.29, 0.717) is 12.8 Å². The van der Waals surface area contributed by atoms with Gasteiger partial charge in [0.2, 0.25) is 5.91 Å². The maximum absolute atomic E-state index is 12.5. The zero-order chi connectivity index (χ0) is 16.9. The lowest BCUT2D eigenvalue weighted by Gasteiger charge is -2.31. The number of carbonyl (C=O) groups excluding carboxylic acids is 1. The van der Waals surface area contributed by atoms with E-state index in [9.17, 15) is 9.59 Å². The lowest BCUT2D eigenvalue weighted by Crippen LogP contribution is -2.49. The largest absolute Gasteiger partial charge is 0.481 e. The maximum atomic E-state index is 12.5. The fourth-order valence-corrected chi connectivity index (χ4v) is 2.97. The van der Waals surface area contributed by atoms with Gasteiger partial charge < -0.3 is 10.4 Å². The Labute approximate surface area is 136 Å². The molecule has 0 heterocycles. The number of amides is 1. The minimum Gasteiger partial charge on any atom is -0.481 e. The van der Waals surface area contributed by atoms with Crippen LogP contribution in [0.2, 0.25) is 0 Å². The molecule has 0 spiro atoms. The van der Waals surface area contributed by atoms with E-state index in [4.69, 9.17) is 5.11 Å². The third kappa shape index (κ3) is 4.09. The highest BCUT2D eigenvalue weighted by molar-refractivity contribution is 5.90. The maximum Gasteiger partial charge on any atom is 0.305 e. The number of fused-ring (bicyclic) bond motifs is 1. The molecule has 0 bridgehead atoms. The smallest absolute Gasteiger partial charge is 0.305 e. The second-order valence-electron chi connectivity index (χ2n) is 5.92. The highest BCUT2D eigenvalue weighted by atomic mass is 16.4. The van der Waals surface area contributed by atoms with E-state index in [2.05, 4.69) is 5.32 Å². The van der Waals surface area contributed by atoms with Gasteiger partial charge in [-0.25, -0.2) is 0 Å². The predicted octanol–water partition coefficient (Wildman–Crippen LogP) is 3.53. The van der Waals surface area contributed by atoms with Crippen LogP contribution in [-0.4, -0.2) is 22.5 Å². The van der Waals surface area contributed by atoms with Crippen molar-refractivity contribution in [1.82, 2.24) is 5.32 Å². The molecular weight excluding hydrogens is 290 g/mol. The van der Waals surface area contributed by atoms with Gasteiger partial charge in [0.1, 0.15) is 0 Å². The van der Waals surface area contributed by atoms with Crippen LogP contribution >= 0.6 is 0 Å². The number of aliphatic carboxylic acids is 1. The lowest BCUT2D eigenvalue weighted by atomic mass is 9.88. The number of nitrogens with one attached hydrogen (secondary N) is 1. The summed E-state index contributed by atoms with van der Waals surface area (Å²) in [4.78, 5) is 23.6. The lowest BCUT2D eigenvalue weighted by molar-refractivity contribution is -0.139. The highest BCUT2D eigenvalue weighted by Gasteiger charge is 2.30. The Morgan fingerprint density at radius 2 is 1.70 bits per heavy atom. The topological polar surface area (TPSA) is 66.4 Å². The SMILES string of the molecule is CCC(CC)(CC(=O)O)NC(=O)Cc1cccc2ccccc12. The Morgan fingerprint density at radius 3 is 2.35 bits per heavy atom. The minimum atomic E-state index is -0.890. The molecule has 23 heavy (non-hydrogen) atoms. The number of carbonyl (C=O) groups is 2. The van der Waals surface area contributed by atoms with E-state index in [-0.39, 0.29) is 18.7 Å². The summed E-state index contributed by atoms with van der Waals surface area (Å²) in [7, 11) is 0. The Bertz CT molecular complexity index is 699. The molecule has 1 amide bonds. The predicted molar refractivity (Wildman–Crippen MR) is 91.4 cm³/mol. The molecule has 0 aliphatic carbocycles. The summed E-state index contributed by atoms with van der Waals surface area (Å²) in [5.74, 6) is -1.02. The zero-order valence-corrected chi connectivity index (χ0v) is 13.6. The van der Waals surface area contributed by atoms with Gasteiger partial charge in [-0.1, -0.05) is 56.3 Å². The van der Waals surface area contributed by atoms with Crippen LogP contribution in [0.4, 0.5) is 0 Å². The van der Waals surface area contributed by atoms with E-state index in [1.165, 1.54) is 0 Å². The van der Waals surface area contributed by atoms with Gasteiger partial charge >= 0.3 is 5.97 Å². The van der Waals surface area contributed by atoms with E-state index < -0.39 is 11.5 Å². The van der Waals surface area contributed by atoms with Crippen LogP contribution in [0.25, 0.3) is 10.8 Å². The standard InChI is InChI=1S/C19H23NO3/c1-3-19(4-2,13-18(22)23)20-17(21)12-15-10-7-9-14-8-5-6-11-16(14)15/h5-11H,3-4,12-13H2,1-2H3,(H,20,21)(H,22,23). The molecule has 2 aromatic carbocycles. The molecule has 0 saturated heterocycles. The summed E-state index contributed by atoms with van der Waals surface area (Å²) in [5.41, 5.74) is 0.282. The number of hydrogen-bond acceptors (Lipinski definition) is 2. The molecule has 0 aliphatic heterocycles. The van der Waals surface area contributed by atoms with Crippen molar-refractivity contribution in [3.8, 4) is 0 Å². The molecule has 0 aromatic heterocycles. The molecule has 0 atom stereocenters. The quantitative estimate of drug-likeness (QED) is 0.821. The van der Waals surface area contributed by atoms with Crippen molar-refractivity contribution >= 4 is 22.6 Å². The van der Waals surface area contributed by atoms with Gasteiger partial charge in [-0.3, -0.25) is 9.59 Å². The first-order valence-corrected chi connectivity index (χ1v) is 7.99. The minimum absolute atomic E-state index is 0.0543. The van der Waals surface area contributed by atoms with E-state index in [1.807, 2.05) is 56.3 Å². The molecule has 2 N–H and O–H groups in total. The van der Waals surface area contributed by atoms with Gasteiger partial charge in [-0.15, -0.1) is 0 Å². The number of hydrogen-bond donors (Lipinski definition) is 2. The molecule has 0 radical (unpaired) electrons. The molecule has 0 saturated carbocycles. The molecule has 0 unspecified atom stereocenters. The first-order chi connectivity index (χ1) is 11.0. The normalized spacial score (nSPS) is 11.4. The number of benzene rings is 2. The number of rotatable bonds is 7. The summed E-state index contributed by atoms with van der Waals surface area (Å²) in [6, 6.07) is 13.8. The number of carboxylic acids is 1. The van der Waals surface area contributed by atoms with Gasteiger partial charge in [0.25, 0.3) is 0 Å². The second kappa shape index (κ2) is 7.27. The second-order valence-corrected chi connectivity index (χ2v) is 5.92. The third-order valence-electron chi connectivity index (χ3n) is 4.48. The Balaban J connectivity index is 2.18. The summed E-state index contributed by atoms with van der Waals surface area (Å²) in [6.45, 7) is 3.81. The number of carboxylic acid groups (broad SMARTS) is 1. The van der Waals surface area contributed by atoms with Gasteiger partial charge in [0.15, 0.2) is 0 Å². The molecule has 4 heteroatoms. The van der Waals surface area contributed by atoms with Crippen molar-refractivity contribution in [3.63, 3.8) is 0 Å². The van der Waals surface area contributed by atoms with Crippen molar-refractivity contribution in [2.24, 2.45) is 0 Å².